The number of hydrogen-bond donors (Lipinski definition) is 1. The molecule has 0 spiro atoms. The third-order valence-electron chi connectivity index (χ3n) is 2.31. The molecule has 0 atom stereocenters. The van der Waals surface area contributed by atoms with Crippen molar-refractivity contribution in [1.29, 1.82) is 0 Å². The van der Waals surface area contributed by atoms with Crippen molar-refractivity contribution < 1.29 is 9.90 Å². The van der Waals surface area contributed by atoms with Gasteiger partial charge in [0.05, 0.1) is 6.42 Å². The number of pyridine rings is 1. The first kappa shape index (κ1) is 11.3. The van der Waals surface area contributed by atoms with Crippen LogP contribution in [0.25, 0.3) is 11.4 Å². The van der Waals surface area contributed by atoms with E-state index in [1.165, 1.54) is 0 Å². The minimum atomic E-state index is -0.845. The topological polar surface area (TPSA) is 80.9 Å². The van der Waals surface area contributed by atoms with Gasteiger partial charge in [-0.3, -0.25) is 9.78 Å². The van der Waals surface area contributed by atoms with Crippen molar-refractivity contribution in [1.82, 2.24) is 19.7 Å². The summed E-state index contributed by atoms with van der Waals surface area (Å²) in [5.74, 6) is 0.414. The summed E-state index contributed by atoms with van der Waals surface area (Å²) < 4.78 is 1.65. The van der Waals surface area contributed by atoms with E-state index < -0.39 is 5.97 Å². The van der Waals surface area contributed by atoms with Crippen molar-refractivity contribution in [2.24, 2.45) is 7.05 Å². The molecular weight excluding hydrogens is 220 g/mol. The van der Waals surface area contributed by atoms with Gasteiger partial charge < -0.3 is 5.11 Å². The number of aromatic nitrogens is 4. The smallest absolute Gasteiger partial charge is 0.303 e. The van der Waals surface area contributed by atoms with Crippen LogP contribution in [0.3, 0.4) is 0 Å². The van der Waals surface area contributed by atoms with Crippen LogP contribution in [0.4, 0.5) is 0 Å². The molecule has 0 bridgehead atoms. The van der Waals surface area contributed by atoms with E-state index in [0.29, 0.717) is 18.1 Å². The molecule has 0 saturated carbocycles. The highest BCUT2D eigenvalue weighted by Gasteiger charge is 2.10. The third kappa shape index (κ3) is 2.66. The summed E-state index contributed by atoms with van der Waals surface area (Å²) in [5.41, 5.74) is 0.913. The number of aliphatic carboxylic acids is 1. The van der Waals surface area contributed by atoms with Crippen LogP contribution in [0, 0.1) is 0 Å². The van der Waals surface area contributed by atoms with E-state index in [1.807, 2.05) is 12.1 Å². The van der Waals surface area contributed by atoms with Crippen molar-refractivity contribution in [2.45, 2.75) is 12.8 Å². The van der Waals surface area contributed by atoms with E-state index in [0.717, 1.165) is 5.56 Å². The maximum atomic E-state index is 10.5. The van der Waals surface area contributed by atoms with E-state index in [-0.39, 0.29) is 6.42 Å². The Hall–Kier alpha value is -2.24. The number of nitrogens with zero attached hydrogens (tertiary/aromatic N) is 4. The van der Waals surface area contributed by atoms with Crippen LogP contribution < -0.4 is 0 Å². The Morgan fingerprint density at radius 1 is 1.41 bits per heavy atom. The number of hydrogen-bond acceptors (Lipinski definition) is 4. The summed E-state index contributed by atoms with van der Waals surface area (Å²) in [4.78, 5) is 18.7. The zero-order chi connectivity index (χ0) is 12.3. The summed E-state index contributed by atoms with van der Waals surface area (Å²) in [5, 5.41) is 12.8. The monoisotopic (exact) mass is 232 g/mol. The summed E-state index contributed by atoms with van der Waals surface area (Å²) in [6.07, 6.45) is 3.75. The quantitative estimate of drug-likeness (QED) is 0.846. The number of carboxylic acid groups (broad SMARTS) is 1. The van der Waals surface area contributed by atoms with Gasteiger partial charge in [0.25, 0.3) is 0 Å². The molecule has 2 aromatic rings. The lowest BCUT2D eigenvalue weighted by Crippen LogP contribution is -1.99. The molecule has 0 radical (unpaired) electrons. The lowest BCUT2D eigenvalue weighted by molar-refractivity contribution is -0.137. The van der Waals surface area contributed by atoms with Crippen LogP contribution in [0.1, 0.15) is 12.2 Å². The molecule has 2 heterocycles. The normalized spacial score (nSPS) is 10.4. The Morgan fingerprint density at radius 3 is 2.76 bits per heavy atom. The third-order valence-corrected chi connectivity index (χ3v) is 2.31. The van der Waals surface area contributed by atoms with Gasteiger partial charge in [-0.05, 0) is 12.1 Å². The van der Waals surface area contributed by atoms with Gasteiger partial charge in [-0.15, -0.1) is 0 Å². The Labute approximate surface area is 98.0 Å². The summed E-state index contributed by atoms with van der Waals surface area (Å²) in [7, 11) is 1.78. The number of aryl methyl sites for hydroxylation is 2. The van der Waals surface area contributed by atoms with Gasteiger partial charge in [0.1, 0.15) is 0 Å². The van der Waals surface area contributed by atoms with E-state index in [4.69, 9.17) is 5.11 Å². The maximum Gasteiger partial charge on any atom is 0.303 e. The van der Waals surface area contributed by atoms with Crippen molar-refractivity contribution >= 4 is 5.97 Å². The Morgan fingerprint density at radius 2 is 2.12 bits per heavy atom. The molecule has 88 valence electrons. The van der Waals surface area contributed by atoms with E-state index in [1.54, 1.807) is 24.1 Å². The highest BCUT2D eigenvalue weighted by molar-refractivity contribution is 5.66. The molecule has 2 aromatic heterocycles. The lowest BCUT2D eigenvalue weighted by Gasteiger charge is -1.97. The zero-order valence-corrected chi connectivity index (χ0v) is 9.37. The predicted molar refractivity (Wildman–Crippen MR) is 60.2 cm³/mol. The Bertz CT molecular complexity index is 522. The van der Waals surface area contributed by atoms with Crippen molar-refractivity contribution in [3.8, 4) is 11.4 Å². The summed E-state index contributed by atoms with van der Waals surface area (Å²) >= 11 is 0. The van der Waals surface area contributed by atoms with Gasteiger partial charge in [0, 0.05) is 31.4 Å². The second kappa shape index (κ2) is 4.73. The molecule has 6 heteroatoms. The largest absolute Gasteiger partial charge is 0.481 e. The molecule has 2 rings (SSSR count). The van der Waals surface area contributed by atoms with Gasteiger partial charge in [-0.2, -0.15) is 5.10 Å². The van der Waals surface area contributed by atoms with Crippen LogP contribution in [-0.4, -0.2) is 30.8 Å². The number of rotatable bonds is 4. The molecule has 1 N–H and O–H groups in total. The summed E-state index contributed by atoms with van der Waals surface area (Å²) in [6, 6.07) is 3.68. The van der Waals surface area contributed by atoms with Crippen molar-refractivity contribution in [3.63, 3.8) is 0 Å². The van der Waals surface area contributed by atoms with Gasteiger partial charge in [0.2, 0.25) is 0 Å². The molecule has 0 aliphatic rings. The van der Waals surface area contributed by atoms with E-state index in [2.05, 4.69) is 15.1 Å². The first-order valence-corrected chi connectivity index (χ1v) is 5.19. The second-order valence-electron chi connectivity index (χ2n) is 3.60. The Balaban J connectivity index is 2.22. The minimum Gasteiger partial charge on any atom is -0.481 e. The molecule has 17 heavy (non-hydrogen) atoms. The number of carbonyl (C=O) groups is 1. The molecule has 0 fully saturated rings. The fraction of sp³-hybridized carbons (Fsp3) is 0.273. The number of carboxylic acids is 1. The molecule has 0 saturated heterocycles. The molecule has 0 aliphatic heterocycles. The molecular formula is C11H12N4O2. The Kier molecular flexibility index (Phi) is 3.13. The molecule has 0 aliphatic carbocycles. The first-order chi connectivity index (χ1) is 8.16. The van der Waals surface area contributed by atoms with Crippen molar-refractivity contribution in [3.05, 3.63) is 30.4 Å². The molecule has 6 nitrogen and oxygen atoms in total. The van der Waals surface area contributed by atoms with Gasteiger partial charge in [-0.25, -0.2) is 9.67 Å². The average Bonchev–Trinajstić information content (AvgIpc) is 2.69. The van der Waals surface area contributed by atoms with Crippen LogP contribution >= 0.6 is 0 Å². The molecule has 0 aromatic carbocycles. The van der Waals surface area contributed by atoms with Crippen LogP contribution in [0.5, 0.6) is 0 Å². The standard InChI is InChI=1S/C11H12N4O2/c1-15-11(8-4-6-12-7-5-8)13-9(14-15)2-3-10(16)17/h4-7H,2-3H2,1H3,(H,16,17). The highest BCUT2D eigenvalue weighted by Crippen LogP contribution is 2.15. The molecule has 0 amide bonds. The highest BCUT2D eigenvalue weighted by atomic mass is 16.4. The van der Waals surface area contributed by atoms with Crippen molar-refractivity contribution in [2.75, 3.05) is 0 Å². The van der Waals surface area contributed by atoms with Crippen LogP contribution in [0.2, 0.25) is 0 Å². The van der Waals surface area contributed by atoms with Gasteiger partial charge >= 0.3 is 5.97 Å². The van der Waals surface area contributed by atoms with Crippen LogP contribution in [-0.2, 0) is 18.3 Å². The van der Waals surface area contributed by atoms with E-state index >= 15 is 0 Å². The fourth-order valence-electron chi connectivity index (χ4n) is 1.51. The fourth-order valence-corrected chi connectivity index (χ4v) is 1.51. The summed E-state index contributed by atoms with van der Waals surface area (Å²) in [6.45, 7) is 0. The second-order valence-corrected chi connectivity index (χ2v) is 3.60. The van der Waals surface area contributed by atoms with Gasteiger partial charge in [0.15, 0.2) is 11.6 Å². The maximum absolute atomic E-state index is 10.5. The van der Waals surface area contributed by atoms with Crippen LogP contribution in [0.15, 0.2) is 24.5 Å². The first-order valence-electron chi connectivity index (χ1n) is 5.19. The van der Waals surface area contributed by atoms with Gasteiger partial charge in [-0.1, -0.05) is 0 Å². The zero-order valence-electron chi connectivity index (χ0n) is 9.37. The average molecular weight is 232 g/mol. The SMILES string of the molecule is Cn1nc(CCC(=O)O)nc1-c1ccncc1. The van der Waals surface area contributed by atoms with E-state index in [9.17, 15) is 4.79 Å². The minimum absolute atomic E-state index is 0.0415. The molecule has 0 unspecified atom stereocenters. The predicted octanol–water partition coefficient (Wildman–Crippen LogP) is 0.894. The lowest BCUT2D eigenvalue weighted by atomic mass is 10.2.